The lowest BCUT2D eigenvalue weighted by Crippen LogP contribution is -2.24. The molecule has 0 saturated carbocycles. The molecular formula is C23H24ClN3O2. The van der Waals surface area contributed by atoms with Crippen LogP contribution in [-0.2, 0) is 4.79 Å². The number of fused-ring (bicyclic) bond motifs is 1. The summed E-state index contributed by atoms with van der Waals surface area (Å²) >= 11 is 6.29. The lowest BCUT2D eigenvalue weighted by Gasteiger charge is -2.24. The first kappa shape index (κ1) is 19.5. The molecule has 6 heteroatoms. The van der Waals surface area contributed by atoms with Gasteiger partial charge in [-0.3, -0.25) is 4.79 Å². The number of halogens is 1. The number of amides is 1. The number of rotatable bonds is 5. The van der Waals surface area contributed by atoms with Crippen LogP contribution in [0, 0.1) is 12.8 Å². The molecule has 2 heterocycles. The summed E-state index contributed by atoms with van der Waals surface area (Å²) in [7, 11) is 0. The molecule has 1 aliphatic heterocycles. The topological polar surface area (TPSA) is 56.2 Å². The number of hydrogen-bond donors (Lipinski definition) is 1. The molecule has 150 valence electrons. The molecule has 0 radical (unpaired) electrons. The average Bonchev–Trinajstić information content (AvgIpc) is 3.12. The highest BCUT2D eigenvalue weighted by Gasteiger charge is 2.30. The van der Waals surface area contributed by atoms with E-state index in [2.05, 4.69) is 24.3 Å². The van der Waals surface area contributed by atoms with Crippen molar-refractivity contribution in [3.63, 3.8) is 0 Å². The van der Waals surface area contributed by atoms with E-state index in [1.807, 2.05) is 55.6 Å². The molecular weight excluding hydrogens is 386 g/mol. The van der Waals surface area contributed by atoms with Crippen molar-refractivity contribution >= 4 is 23.3 Å². The molecule has 0 fully saturated rings. The molecule has 2 aromatic carbocycles. The fourth-order valence-corrected chi connectivity index (χ4v) is 3.75. The summed E-state index contributed by atoms with van der Waals surface area (Å²) in [6.07, 6.45) is 2.22. The fraction of sp³-hybridized carbons (Fsp3) is 0.304. The summed E-state index contributed by atoms with van der Waals surface area (Å²) in [4.78, 5) is 12.5. The lowest BCUT2D eigenvalue weighted by atomic mass is 9.87. The van der Waals surface area contributed by atoms with Crippen LogP contribution in [0.4, 0.5) is 5.82 Å². The Kier molecular flexibility index (Phi) is 5.33. The molecule has 4 rings (SSSR count). The first-order valence-electron chi connectivity index (χ1n) is 9.80. The predicted molar refractivity (Wildman–Crippen MR) is 115 cm³/mol. The summed E-state index contributed by atoms with van der Waals surface area (Å²) in [5, 5.41) is 8.23. The number of carbonyl (C=O) groups excluding carboxylic acids is 1. The van der Waals surface area contributed by atoms with Crippen molar-refractivity contribution in [3.05, 3.63) is 70.4 Å². The first-order valence-corrected chi connectivity index (χ1v) is 10.2. The van der Waals surface area contributed by atoms with Gasteiger partial charge < -0.3 is 10.1 Å². The molecule has 29 heavy (non-hydrogen) atoms. The SMILES string of the molecule is Cc1c(Cl)cccc1-n1ncc2c1NC(=O)C[C@H]2c1ccc(OCC(C)C)cc1. The Balaban J connectivity index is 1.68. The van der Waals surface area contributed by atoms with Gasteiger partial charge in [-0.05, 0) is 48.2 Å². The Bertz CT molecular complexity index is 1040. The van der Waals surface area contributed by atoms with Gasteiger partial charge in [0.15, 0.2) is 0 Å². The summed E-state index contributed by atoms with van der Waals surface area (Å²) < 4.78 is 7.54. The molecule has 1 aromatic heterocycles. The van der Waals surface area contributed by atoms with Crippen LogP contribution in [0.25, 0.3) is 5.69 Å². The van der Waals surface area contributed by atoms with Crippen molar-refractivity contribution in [1.82, 2.24) is 9.78 Å². The number of ether oxygens (including phenoxy) is 1. The van der Waals surface area contributed by atoms with Crippen molar-refractivity contribution in [1.29, 1.82) is 0 Å². The van der Waals surface area contributed by atoms with E-state index in [-0.39, 0.29) is 11.8 Å². The van der Waals surface area contributed by atoms with Crippen molar-refractivity contribution in [2.45, 2.75) is 33.1 Å². The number of anilines is 1. The Morgan fingerprint density at radius 2 is 2.00 bits per heavy atom. The summed E-state index contributed by atoms with van der Waals surface area (Å²) in [6.45, 7) is 6.87. The number of nitrogens with one attached hydrogen (secondary N) is 1. The maximum absolute atomic E-state index is 12.5. The predicted octanol–water partition coefficient (Wildman–Crippen LogP) is 5.34. The van der Waals surface area contributed by atoms with Crippen molar-refractivity contribution in [2.75, 3.05) is 11.9 Å². The van der Waals surface area contributed by atoms with Crippen molar-refractivity contribution < 1.29 is 9.53 Å². The molecule has 1 aliphatic rings. The highest BCUT2D eigenvalue weighted by molar-refractivity contribution is 6.31. The highest BCUT2D eigenvalue weighted by atomic mass is 35.5. The molecule has 1 amide bonds. The van der Waals surface area contributed by atoms with E-state index in [4.69, 9.17) is 16.3 Å². The monoisotopic (exact) mass is 409 g/mol. The van der Waals surface area contributed by atoms with E-state index in [0.29, 0.717) is 29.8 Å². The normalized spacial score (nSPS) is 15.9. The van der Waals surface area contributed by atoms with Crippen LogP contribution in [0.2, 0.25) is 5.02 Å². The third-order valence-electron chi connectivity index (χ3n) is 5.15. The Labute approximate surface area is 175 Å². The second kappa shape index (κ2) is 7.91. The van der Waals surface area contributed by atoms with Crippen molar-refractivity contribution in [2.24, 2.45) is 5.92 Å². The Hall–Kier alpha value is -2.79. The van der Waals surface area contributed by atoms with Gasteiger partial charge in [-0.2, -0.15) is 5.10 Å². The smallest absolute Gasteiger partial charge is 0.226 e. The molecule has 3 aromatic rings. The highest BCUT2D eigenvalue weighted by Crippen LogP contribution is 2.39. The molecule has 1 atom stereocenters. The van der Waals surface area contributed by atoms with Gasteiger partial charge in [0.1, 0.15) is 11.6 Å². The summed E-state index contributed by atoms with van der Waals surface area (Å²) in [6, 6.07) is 13.7. The van der Waals surface area contributed by atoms with E-state index in [0.717, 1.165) is 28.1 Å². The Morgan fingerprint density at radius 1 is 1.24 bits per heavy atom. The molecule has 0 aliphatic carbocycles. The maximum atomic E-state index is 12.5. The standard InChI is InChI=1S/C23H24ClN3O2/c1-14(2)13-29-17-9-7-16(8-10-17)18-11-22(28)26-23-19(18)12-25-27(23)21-6-4-5-20(24)15(21)3/h4-10,12,14,18H,11,13H2,1-3H3,(H,26,28)/t18-/m0/s1. The summed E-state index contributed by atoms with van der Waals surface area (Å²) in [5.41, 5.74) is 3.85. The van der Waals surface area contributed by atoms with Gasteiger partial charge in [0.25, 0.3) is 0 Å². The minimum Gasteiger partial charge on any atom is -0.493 e. The zero-order chi connectivity index (χ0) is 20.5. The van der Waals surface area contributed by atoms with E-state index in [9.17, 15) is 4.79 Å². The van der Waals surface area contributed by atoms with Crippen molar-refractivity contribution in [3.8, 4) is 11.4 Å². The minimum atomic E-state index is -0.0499. The molecule has 1 N–H and O–H groups in total. The quantitative estimate of drug-likeness (QED) is 0.618. The zero-order valence-electron chi connectivity index (χ0n) is 16.8. The molecule has 0 bridgehead atoms. The second-order valence-electron chi connectivity index (χ2n) is 7.82. The molecule has 5 nitrogen and oxygen atoms in total. The molecule has 0 unspecified atom stereocenters. The molecule has 0 saturated heterocycles. The third kappa shape index (κ3) is 3.87. The van der Waals surface area contributed by atoms with Crippen LogP contribution in [0.5, 0.6) is 5.75 Å². The first-order chi connectivity index (χ1) is 13.9. The van der Waals surface area contributed by atoms with Crippen LogP contribution >= 0.6 is 11.6 Å². The van der Waals surface area contributed by atoms with Crippen LogP contribution in [0.3, 0.4) is 0 Å². The maximum Gasteiger partial charge on any atom is 0.226 e. The van der Waals surface area contributed by atoms with Gasteiger partial charge in [-0.1, -0.05) is 43.6 Å². The van der Waals surface area contributed by atoms with Crippen LogP contribution in [0.15, 0.2) is 48.7 Å². The van der Waals surface area contributed by atoms with Gasteiger partial charge in [-0.25, -0.2) is 4.68 Å². The lowest BCUT2D eigenvalue weighted by molar-refractivity contribution is -0.116. The van der Waals surface area contributed by atoms with Gasteiger partial charge >= 0.3 is 0 Å². The van der Waals surface area contributed by atoms with E-state index < -0.39 is 0 Å². The van der Waals surface area contributed by atoms with Gasteiger partial charge in [-0.15, -0.1) is 0 Å². The fourth-order valence-electron chi connectivity index (χ4n) is 3.58. The van der Waals surface area contributed by atoms with E-state index >= 15 is 0 Å². The average molecular weight is 410 g/mol. The summed E-state index contributed by atoms with van der Waals surface area (Å²) in [5.74, 6) is 1.94. The van der Waals surface area contributed by atoms with Gasteiger partial charge in [0.2, 0.25) is 5.91 Å². The van der Waals surface area contributed by atoms with Crippen LogP contribution in [0.1, 0.15) is 42.9 Å². The van der Waals surface area contributed by atoms with E-state index in [1.165, 1.54) is 0 Å². The zero-order valence-corrected chi connectivity index (χ0v) is 17.5. The van der Waals surface area contributed by atoms with E-state index in [1.54, 1.807) is 4.68 Å². The third-order valence-corrected chi connectivity index (χ3v) is 5.56. The Morgan fingerprint density at radius 3 is 2.72 bits per heavy atom. The number of aromatic nitrogens is 2. The van der Waals surface area contributed by atoms with Crippen LogP contribution in [-0.4, -0.2) is 22.3 Å². The number of benzene rings is 2. The minimum absolute atomic E-state index is 0.0240. The van der Waals surface area contributed by atoms with Crippen LogP contribution < -0.4 is 10.1 Å². The number of carbonyl (C=O) groups is 1. The van der Waals surface area contributed by atoms with Gasteiger partial charge in [0, 0.05) is 22.9 Å². The number of nitrogens with zero attached hydrogens (tertiary/aromatic N) is 2. The van der Waals surface area contributed by atoms with Gasteiger partial charge in [0.05, 0.1) is 18.5 Å². The number of hydrogen-bond acceptors (Lipinski definition) is 3. The second-order valence-corrected chi connectivity index (χ2v) is 8.23. The largest absolute Gasteiger partial charge is 0.493 e. The molecule has 0 spiro atoms.